The van der Waals surface area contributed by atoms with Crippen LogP contribution in [0.3, 0.4) is 0 Å². The number of benzene rings is 1. The van der Waals surface area contributed by atoms with Crippen LogP contribution in [-0.2, 0) is 27.5 Å². The van der Waals surface area contributed by atoms with E-state index in [4.69, 9.17) is 0 Å². The summed E-state index contributed by atoms with van der Waals surface area (Å²) >= 11 is 0. The Bertz CT molecular complexity index is 1490. The van der Waals surface area contributed by atoms with Gasteiger partial charge in [-0.1, -0.05) is 12.1 Å². The minimum absolute atomic E-state index is 0.0337. The number of alkyl halides is 1. The molecule has 4 heterocycles. The van der Waals surface area contributed by atoms with E-state index in [2.05, 4.69) is 19.9 Å². The highest BCUT2D eigenvalue weighted by Crippen LogP contribution is 2.36. The number of aryl methyl sites for hydroxylation is 1. The van der Waals surface area contributed by atoms with Gasteiger partial charge in [-0.3, -0.25) is 14.2 Å². The first-order valence-corrected chi connectivity index (χ1v) is 11.5. The van der Waals surface area contributed by atoms with Crippen molar-refractivity contribution in [2.75, 3.05) is 17.8 Å². The van der Waals surface area contributed by atoms with E-state index < -0.39 is 15.7 Å². The van der Waals surface area contributed by atoms with Crippen LogP contribution in [0, 0.1) is 0 Å². The average Bonchev–Trinajstić information content (AvgIpc) is 3.40. The van der Waals surface area contributed by atoms with Crippen molar-refractivity contribution in [2.45, 2.75) is 17.5 Å². The lowest BCUT2D eigenvalue weighted by Crippen LogP contribution is -2.58. The summed E-state index contributed by atoms with van der Waals surface area (Å²) in [5.74, 6) is 0.0785. The fourth-order valence-corrected chi connectivity index (χ4v) is 4.87. The van der Waals surface area contributed by atoms with Gasteiger partial charge in [0.15, 0.2) is 11.5 Å². The lowest BCUT2D eigenvalue weighted by molar-refractivity contribution is -0.143. The SMILES string of the molecule is CC(=O)N1CC(F)(c2ccnc(-n3cc(S(=O)(=O)Nc4cccc5cnn(C)c45)cn3)c2)C1. The highest BCUT2D eigenvalue weighted by atomic mass is 32.2. The summed E-state index contributed by atoms with van der Waals surface area (Å²) in [7, 11) is -2.23. The molecule has 1 aliphatic heterocycles. The molecule has 0 unspecified atom stereocenters. The number of fused-ring (bicyclic) bond motifs is 1. The van der Waals surface area contributed by atoms with Gasteiger partial charge < -0.3 is 4.90 Å². The first-order chi connectivity index (χ1) is 15.7. The van der Waals surface area contributed by atoms with E-state index in [9.17, 15) is 13.2 Å². The van der Waals surface area contributed by atoms with E-state index >= 15 is 4.39 Å². The number of nitrogens with zero attached hydrogens (tertiary/aromatic N) is 6. The van der Waals surface area contributed by atoms with Crippen LogP contribution in [0.1, 0.15) is 12.5 Å². The zero-order valence-corrected chi connectivity index (χ0v) is 18.6. The number of carbonyl (C=O) groups excluding carboxylic acids is 1. The van der Waals surface area contributed by atoms with Gasteiger partial charge in [0.1, 0.15) is 4.90 Å². The maximum absolute atomic E-state index is 15.2. The molecular weight excluding hydrogens is 449 g/mol. The number of aromatic nitrogens is 5. The highest BCUT2D eigenvalue weighted by molar-refractivity contribution is 7.92. The Labute approximate surface area is 188 Å². The van der Waals surface area contributed by atoms with Gasteiger partial charge in [-0.15, -0.1) is 0 Å². The van der Waals surface area contributed by atoms with Crippen LogP contribution in [-0.4, -0.2) is 56.9 Å². The molecule has 0 bridgehead atoms. The monoisotopic (exact) mass is 469 g/mol. The average molecular weight is 470 g/mol. The molecular formula is C21H20FN7O3S. The minimum atomic E-state index is -3.96. The van der Waals surface area contributed by atoms with Crippen molar-refractivity contribution in [3.8, 4) is 5.82 Å². The highest BCUT2D eigenvalue weighted by Gasteiger charge is 2.46. The number of likely N-dealkylation sites (tertiary alicyclic amines) is 1. The number of para-hydroxylation sites is 1. The third-order valence-corrected chi connectivity index (χ3v) is 7.02. The maximum Gasteiger partial charge on any atom is 0.265 e. The molecule has 12 heteroatoms. The van der Waals surface area contributed by atoms with Crippen molar-refractivity contribution in [3.63, 3.8) is 0 Å². The lowest BCUT2D eigenvalue weighted by Gasteiger charge is -2.44. The number of rotatable bonds is 5. The zero-order valence-electron chi connectivity index (χ0n) is 17.8. The van der Waals surface area contributed by atoms with E-state index in [1.165, 1.54) is 47.2 Å². The molecule has 1 N–H and O–H groups in total. The van der Waals surface area contributed by atoms with Crippen molar-refractivity contribution in [3.05, 3.63) is 60.7 Å². The number of hydrogen-bond donors (Lipinski definition) is 1. The molecule has 5 rings (SSSR count). The number of nitrogens with one attached hydrogen (secondary N) is 1. The van der Waals surface area contributed by atoms with E-state index in [0.717, 1.165) is 5.39 Å². The summed E-state index contributed by atoms with van der Waals surface area (Å²) in [4.78, 5) is 16.9. The van der Waals surface area contributed by atoms with E-state index in [1.54, 1.807) is 30.1 Å². The first-order valence-electron chi connectivity index (χ1n) is 10.1. The Hall–Kier alpha value is -3.80. The maximum atomic E-state index is 15.2. The molecule has 0 saturated carbocycles. The number of carbonyl (C=O) groups is 1. The Balaban J connectivity index is 1.41. The second-order valence-electron chi connectivity index (χ2n) is 7.98. The normalized spacial score (nSPS) is 15.4. The summed E-state index contributed by atoms with van der Waals surface area (Å²) in [6.07, 6.45) is 5.59. The molecule has 33 heavy (non-hydrogen) atoms. The van der Waals surface area contributed by atoms with Crippen LogP contribution in [0.25, 0.3) is 16.7 Å². The molecule has 0 atom stereocenters. The Morgan fingerprint density at radius 1 is 1.18 bits per heavy atom. The predicted octanol–water partition coefficient (Wildman–Crippen LogP) is 1.98. The molecule has 1 saturated heterocycles. The lowest BCUT2D eigenvalue weighted by atomic mass is 9.88. The van der Waals surface area contributed by atoms with Crippen LogP contribution in [0.5, 0.6) is 0 Å². The van der Waals surface area contributed by atoms with Crippen molar-refractivity contribution in [1.82, 2.24) is 29.4 Å². The molecule has 10 nitrogen and oxygen atoms in total. The van der Waals surface area contributed by atoms with E-state index in [-0.39, 0.29) is 29.7 Å². The summed E-state index contributed by atoms with van der Waals surface area (Å²) in [5, 5.41) is 9.07. The molecule has 3 aromatic heterocycles. The molecule has 170 valence electrons. The molecule has 1 fully saturated rings. The Morgan fingerprint density at radius 3 is 2.73 bits per heavy atom. The van der Waals surface area contributed by atoms with Crippen molar-refractivity contribution < 1.29 is 17.6 Å². The Morgan fingerprint density at radius 2 is 1.97 bits per heavy atom. The number of sulfonamides is 1. The molecule has 1 aliphatic rings. The fraction of sp³-hybridized carbons (Fsp3) is 0.238. The van der Waals surface area contributed by atoms with Gasteiger partial charge in [0.05, 0.1) is 42.9 Å². The van der Waals surface area contributed by atoms with Gasteiger partial charge in [-0.25, -0.2) is 22.5 Å². The smallest absolute Gasteiger partial charge is 0.265 e. The number of pyridine rings is 1. The number of hydrogen-bond acceptors (Lipinski definition) is 6. The van der Waals surface area contributed by atoms with Crippen LogP contribution in [0.15, 0.2) is 60.0 Å². The van der Waals surface area contributed by atoms with E-state index in [0.29, 0.717) is 16.8 Å². The third kappa shape index (κ3) is 3.61. The van der Waals surface area contributed by atoms with Gasteiger partial charge in [0, 0.05) is 25.6 Å². The summed E-state index contributed by atoms with van der Waals surface area (Å²) in [5.41, 5.74) is -0.281. The quantitative estimate of drug-likeness (QED) is 0.478. The molecule has 0 radical (unpaired) electrons. The topological polar surface area (TPSA) is 115 Å². The summed E-state index contributed by atoms with van der Waals surface area (Å²) < 4.78 is 46.6. The van der Waals surface area contributed by atoms with Crippen LogP contribution in [0.2, 0.25) is 0 Å². The van der Waals surface area contributed by atoms with Gasteiger partial charge in [-0.05, 0) is 23.8 Å². The van der Waals surface area contributed by atoms with Gasteiger partial charge in [0.25, 0.3) is 10.0 Å². The first kappa shape index (κ1) is 21.1. The summed E-state index contributed by atoms with van der Waals surface area (Å²) in [6.45, 7) is 1.33. The van der Waals surface area contributed by atoms with Crippen LogP contribution < -0.4 is 4.72 Å². The predicted molar refractivity (Wildman–Crippen MR) is 118 cm³/mol. The fourth-order valence-electron chi connectivity index (χ4n) is 3.88. The molecule has 0 spiro atoms. The molecule has 4 aromatic rings. The Kier molecular flexibility index (Phi) is 4.71. The van der Waals surface area contributed by atoms with Gasteiger partial charge in [0.2, 0.25) is 5.91 Å². The standard InChI is InChI=1S/C21H20FN7O3S/c1-14(30)28-12-21(22,13-28)16-6-7-23-19(8-16)29-11-17(10-25-29)33(31,32)26-18-5-3-4-15-9-24-27(2)20(15)18/h3-11,26H,12-13H2,1-2H3. The zero-order chi connectivity index (χ0) is 23.4. The van der Waals surface area contributed by atoms with Crippen LogP contribution >= 0.6 is 0 Å². The number of halogens is 1. The van der Waals surface area contributed by atoms with Crippen molar-refractivity contribution >= 4 is 32.5 Å². The minimum Gasteiger partial charge on any atom is -0.336 e. The number of anilines is 1. The van der Waals surface area contributed by atoms with Crippen molar-refractivity contribution in [2.24, 2.45) is 7.05 Å². The van der Waals surface area contributed by atoms with Gasteiger partial charge >= 0.3 is 0 Å². The molecule has 1 amide bonds. The molecule has 0 aliphatic carbocycles. The molecule has 1 aromatic carbocycles. The largest absolute Gasteiger partial charge is 0.336 e. The van der Waals surface area contributed by atoms with Crippen LogP contribution in [0.4, 0.5) is 10.1 Å². The third-order valence-electron chi connectivity index (χ3n) is 5.70. The second kappa shape index (κ2) is 7.37. The summed E-state index contributed by atoms with van der Waals surface area (Å²) in [6, 6.07) is 8.27. The van der Waals surface area contributed by atoms with Gasteiger partial charge in [-0.2, -0.15) is 10.2 Å². The number of amides is 1. The van der Waals surface area contributed by atoms with E-state index in [1.807, 2.05) is 6.07 Å². The van der Waals surface area contributed by atoms with Crippen molar-refractivity contribution in [1.29, 1.82) is 0 Å². The second-order valence-corrected chi connectivity index (χ2v) is 9.66.